The highest BCUT2D eigenvalue weighted by Crippen LogP contribution is 2.24. The average Bonchev–Trinajstić information content (AvgIpc) is 2.36. The largest absolute Gasteiger partial charge is 0.465 e. The van der Waals surface area contributed by atoms with Crippen LogP contribution in [-0.4, -0.2) is 39.7 Å². The van der Waals surface area contributed by atoms with E-state index in [1.807, 2.05) is 0 Å². The standard InChI is InChI=1S/C12H13NO6/c1-7-12(15)10(14)6-11(18-7)19-9-4-2-8(3-5-9)13(16)17/h1-5,7,10-12,14-15H,6H2/t7?,10-,11+,12+/m1/s1. The van der Waals surface area contributed by atoms with E-state index in [2.05, 4.69) is 0 Å². The summed E-state index contributed by atoms with van der Waals surface area (Å²) in [5.74, 6) is 0.353. The molecule has 1 fully saturated rings. The molecule has 2 rings (SSSR count). The third-order valence-electron chi connectivity index (χ3n) is 2.79. The van der Waals surface area contributed by atoms with Crippen LogP contribution in [0.5, 0.6) is 5.75 Å². The second-order valence-corrected chi connectivity index (χ2v) is 4.19. The van der Waals surface area contributed by atoms with Crippen LogP contribution in [0, 0.1) is 17.0 Å². The summed E-state index contributed by atoms with van der Waals surface area (Å²) < 4.78 is 10.5. The van der Waals surface area contributed by atoms with Crippen molar-refractivity contribution in [3.8, 4) is 5.75 Å². The molecule has 1 saturated heterocycles. The molecule has 19 heavy (non-hydrogen) atoms. The molecule has 2 radical (unpaired) electrons. The predicted octanol–water partition coefficient (Wildman–Crippen LogP) is 0.521. The Hall–Kier alpha value is -1.70. The van der Waals surface area contributed by atoms with E-state index in [1.165, 1.54) is 24.3 Å². The van der Waals surface area contributed by atoms with Gasteiger partial charge in [-0.05, 0) is 19.1 Å². The molecule has 102 valence electrons. The van der Waals surface area contributed by atoms with Gasteiger partial charge in [0, 0.05) is 18.6 Å². The molecule has 1 aromatic carbocycles. The van der Waals surface area contributed by atoms with Gasteiger partial charge in [-0.2, -0.15) is 0 Å². The lowest BCUT2D eigenvalue weighted by molar-refractivity contribution is -0.384. The van der Waals surface area contributed by atoms with Gasteiger partial charge in [-0.3, -0.25) is 10.1 Å². The van der Waals surface area contributed by atoms with E-state index in [0.717, 1.165) is 0 Å². The molecule has 1 aromatic rings. The van der Waals surface area contributed by atoms with Gasteiger partial charge < -0.3 is 19.7 Å². The van der Waals surface area contributed by atoms with E-state index in [1.54, 1.807) is 0 Å². The number of hydrogen-bond acceptors (Lipinski definition) is 6. The first-order chi connectivity index (χ1) is 8.97. The van der Waals surface area contributed by atoms with Crippen LogP contribution in [0.15, 0.2) is 24.3 Å². The van der Waals surface area contributed by atoms with E-state index in [4.69, 9.17) is 16.4 Å². The molecule has 0 spiro atoms. The molecule has 1 aliphatic heterocycles. The van der Waals surface area contributed by atoms with Crippen LogP contribution in [0.3, 0.4) is 0 Å². The minimum absolute atomic E-state index is 0.0518. The Morgan fingerprint density at radius 1 is 1.37 bits per heavy atom. The zero-order valence-electron chi connectivity index (χ0n) is 9.88. The average molecular weight is 267 g/mol. The van der Waals surface area contributed by atoms with Crippen LogP contribution >= 0.6 is 0 Å². The second kappa shape index (κ2) is 5.52. The molecule has 1 aliphatic rings. The highest BCUT2D eigenvalue weighted by molar-refractivity contribution is 5.36. The predicted molar refractivity (Wildman–Crippen MR) is 63.3 cm³/mol. The van der Waals surface area contributed by atoms with Crippen LogP contribution < -0.4 is 4.74 Å². The first-order valence-electron chi connectivity index (χ1n) is 5.65. The monoisotopic (exact) mass is 267 g/mol. The Morgan fingerprint density at radius 2 is 2.00 bits per heavy atom. The van der Waals surface area contributed by atoms with Crippen molar-refractivity contribution in [2.75, 3.05) is 0 Å². The van der Waals surface area contributed by atoms with Gasteiger partial charge in [-0.15, -0.1) is 0 Å². The summed E-state index contributed by atoms with van der Waals surface area (Å²) in [5.41, 5.74) is -0.0518. The van der Waals surface area contributed by atoms with E-state index in [9.17, 15) is 20.3 Å². The van der Waals surface area contributed by atoms with Crippen molar-refractivity contribution in [3.63, 3.8) is 0 Å². The number of nitrogens with zero attached hydrogens (tertiary/aromatic N) is 1. The molecule has 1 unspecified atom stereocenters. The van der Waals surface area contributed by atoms with Gasteiger partial charge in [0.15, 0.2) is 0 Å². The summed E-state index contributed by atoms with van der Waals surface area (Å²) >= 11 is 0. The Morgan fingerprint density at radius 3 is 2.53 bits per heavy atom. The fourth-order valence-corrected chi connectivity index (χ4v) is 1.74. The number of aliphatic hydroxyl groups excluding tert-OH is 2. The molecule has 0 aromatic heterocycles. The normalized spacial score (nSPS) is 30.9. The Balaban J connectivity index is 1.99. The maximum absolute atomic E-state index is 10.5. The van der Waals surface area contributed by atoms with E-state index in [-0.39, 0.29) is 12.1 Å². The SMILES string of the molecule is [CH]C1O[C@@H](Oc2ccc([N+](=O)[O-])cc2)C[C@@H](O)[C@H]1O. The van der Waals surface area contributed by atoms with Crippen molar-refractivity contribution in [1.82, 2.24) is 0 Å². The molecule has 4 atom stereocenters. The fourth-order valence-electron chi connectivity index (χ4n) is 1.74. The van der Waals surface area contributed by atoms with Crippen molar-refractivity contribution in [2.24, 2.45) is 0 Å². The summed E-state index contributed by atoms with van der Waals surface area (Å²) in [7, 11) is 0. The lowest BCUT2D eigenvalue weighted by Gasteiger charge is -2.35. The van der Waals surface area contributed by atoms with Gasteiger partial charge in [-0.25, -0.2) is 0 Å². The number of non-ortho nitro benzene ring substituents is 1. The molecule has 0 amide bonds. The van der Waals surface area contributed by atoms with Crippen molar-refractivity contribution in [2.45, 2.75) is 31.0 Å². The molecule has 7 heteroatoms. The first-order valence-corrected chi connectivity index (χ1v) is 5.65. The summed E-state index contributed by atoms with van der Waals surface area (Å²) in [6.07, 6.45) is -3.98. The fraction of sp³-hybridized carbons (Fsp3) is 0.417. The summed E-state index contributed by atoms with van der Waals surface area (Å²) in [6.45, 7) is 5.48. The quantitative estimate of drug-likeness (QED) is 0.611. The molecule has 2 N–H and O–H groups in total. The number of rotatable bonds is 3. The van der Waals surface area contributed by atoms with Crippen molar-refractivity contribution in [1.29, 1.82) is 0 Å². The third kappa shape index (κ3) is 3.19. The van der Waals surface area contributed by atoms with Gasteiger partial charge in [0.1, 0.15) is 11.9 Å². The van der Waals surface area contributed by atoms with Gasteiger partial charge in [0.2, 0.25) is 6.29 Å². The molecule has 7 nitrogen and oxygen atoms in total. The van der Waals surface area contributed by atoms with E-state index >= 15 is 0 Å². The van der Waals surface area contributed by atoms with Crippen LogP contribution in [0.1, 0.15) is 6.42 Å². The van der Waals surface area contributed by atoms with Crippen molar-refractivity contribution in [3.05, 3.63) is 41.3 Å². The maximum Gasteiger partial charge on any atom is 0.269 e. The van der Waals surface area contributed by atoms with Gasteiger partial charge in [-0.1, -0.05) is 0 Å². The van der Waals surface area contributed by atoms with Crippen molar-refractivity contribution >= 4 is 5.69 Å². The van der Waals surface area contributed by atoms with Crippen molar-refractivity contribution < 1.29 is 24.6 Å². The van der Waals surface area contributed by atoms with Crippen LogP contribution in [-0.2, 0) is 4.74 Å². The number of nitro benzene ring substituents is 1. The lowest BCUT2D eigenvalue weighted by Crippen LogP contribution is -2.48. The van der Waals surface area contributed by atoms with E-state index in [0.29, 0.717) is 5.75 Å². The number of hydrogen-bond donors (Lipinski definition) is 2. The Bertz CT molecular complexity index is 436. The Labute approximate surface area is 109 Å². The van der Waals surface area contributed by atoms with Gasteiger partial charge in [0.25, 0.3) is 5.69 Å². The van der Waals surface area contributed by atoms with Gasteiger partial charge in [0.05, 0.1) is 17.1 Å². The zero-order valence-corrected chi connectivity index (χ0v) is 9.88. The molecule has 0 saturated carbocycles. The van der Waals surface area contributed by atoms with Gasteiger partial charge >= 0.3 is 0 Å². The number of ether oxygens (including phenoxy) is 2. The Kier molecular flexibility index (Phi) is 3.98. The number of benzene rings is 1. The summed E-state index contributed by atoms with van der Waals surface area (Å²) in [6, 6.07) is 5.43. The van der Waals surface area contributed by atoms with Crippen LogP contribution in [0.25, 0.3) is 0 Å². The van der Waals surface area contributed by atoms with Crippen LogP contribution in [0.4, 0.5) is 5.69 Å². The number of nitro groups is 1. The maximum atomic E-state index is 10.5. The minimum atomic E-state index is -1.16. The van der Waals surface area contributed by atoms with E-state index < -0.39 is 29.5 Å². The lowest BCUT2D eigenvalue weighted by atomic mass is 10.0. The molecule has 0 bridgehead atoms. The molecular weight excluding hydrogens is 254 g/mol. The first kappa shape index (κ1) is 13.7. The second-order valence-electron chi connectivity index (χ2n) is 4.19. The number of aliphatic hydroxyl groups is 2. The highest BCUT2D eigenvalue weighted by atomic mass is 16.7. The summed E-state index contributed by atoms with van der Waals surface area (Å²) in [4.78, 5) is 9.97. The summed E-state index contributed by atoms with van der Waals surface area (Å²) in [5, 5.41) is 29.4. The molecule has 0 aliphatic carbocycles. The minimum Gasteiger partial charge on any atom is -0.465 e. The smallest absolute Gasteiger partial charge is 0.269 e. The zero-order chi connectivity index (χ0) is 14.0. The van der Waals surface area contributed by atoms with Crippen LogP contribution in [0.2, 0.25) is 0 Å². The molecule has 1 heterocycles. The highest BCUT2D eigenvalue weighted by Gasteiger charge is 2.35. The molecular formula is C12H13NO6. The topological polar surface area (TPSA) is 102 Å². The third-order valence-corrected chi connectivity index (χ3v) is 2.79.